The van der Waals surface area contributed by atoms with Gasteiger partial charge in [0.05, 0.1) is 11.3 Å². The molecule has 7 heteroatoms. The molecular formula is C18H14N2O5. The minimum absolute atomic E-state index is 0.0904. The molecule has 1 aliphatic rings. The number of nitrogens with zero attached hydrogens (tertiary/aromatic N) is 2. The number of pyridine rings is 1. The summed E-state index contributed by atoms with van der Waals surface area (Å²) in [6.45, 7) is 1.94. The van der Waals surface area contributed by atoms with Gasteiger partial charge in [0.2, 0.25) is 6.79 Å². The highest BCUT2D eigenvalue weighted by atomic mass is 16.7. The molecule has 2 aromatic heterocycles. The van der Waals surface area contributed by atoms with Crippen LogP contribution in [0.3, 0.4) is 0 Å². The molecule has 0 unspecified atom stereocenters. The van der Waals surface area contributed by atoms with Gasteiger partial charge >= 0.3 is 5.97 Å². The number of fused-ring (bicyclic) bond motifs is 2. The van der Waals surface area contributed by atoms with Crippen molar-refractivity contribution in [1.29, 1.82) is 0 Å². The fraction of sp³-hybridized carbons (Fsp3) is 0.167. The quantitative estimate of drug-likeness (QED) is 0.681. The van der Waals surface area contributed by atoms with Gasteiger partial charge in [-0.2, -0.15) is 0 Å². The lowest BCUT2D eigenvalue weighted by Gasteiger charge is -2.07. The third-order valence-corrected chi connectivity index (χ3v) is 3.82. The van der Waals surface area contributed by atoms with Gasteiger partial charge in [-0.05, 0) is 36.8 Å². The smallest absolute Gasteiger partial charge is 0.338 e. The maximum Gasteiger partial charge on any atom is 0.338 e. The van der Waals surface area contributed by atoms with Crippen LogP contribution in [0.25, 0.3) is 5.65 Å². The van der Waals surface area contributed by atoms with Gasteiger partial charge < -0.3 is 14.2 Å². The van der Waals surface area contributed by atoms with Crippen LogP contribution >= 0.6 is 0 Å². The molecule has 3 heterocycles. The van der Waals surface area contributed by atoms with Crippen molar-refractivity contribution in [3.8, 4) is 11.5 Å². The fourth-order valence-electron chi connectivity index (χ4n) is 2.58. The summed E-state index contributed by atoms with van der Waals surface area (Å²) in [4.78, 5) is 28.7. The van der Waals surface area contributed by atoms with Crippen molar-refractivity contribution >= 4 is 11.6 Å². The molecule has 3 aromatic rings. The Morgan fingerprint density at radius 3 is 2.92 bits per heavy atom. The lowest BCUT2D eigenvalue weighted by atomic mass is 10.2. The van der Waals surface area contributed by atoms with Crippen molar-refractivity contribution < 1.29 is 19.0 Å². The molecule has 7 nitrogen and oxygen atoms in total. The normalized spacial score (nSPS) is 12.4. The van der Waals surface area contributed by atoms with Crippen molar-refractivity contribution in [3.63, 3.8) is 0 Å². The molecule has 126 valence electrons. The van der Waals surface area contributed by atoms with Crippen LogP contribution in [0.5, 0.6) is 11.5 Å². The van der Waals surface area contributed by atoms with E-state index in [9.17, 15) is 9.59 Å². The number of carbonyl (C=O) groups excluding carboxylic acids is 1. The molecule has 0 N–H and O–H groups in total. The van der Waals surface area contributed by atoms with E-state index in [1.165, 1.54) is 10.5 Å². The van der Waals surface area contributed by atoms with Crippen LogP contribution in [0, 0.1) is 6.92 Å². The van der Waals surface area contributed by atoms with Crippen LogP contribution in [0.4, 0.5) is 0 Å². The highest BCUT2D eigenvalue weighted by molar-refractivity contribution is 5.90. The molecule has 0 atom stereocenters. The minimum atomic E-state index is -0.524. The summed E-state index contributed by atoms with van der Waals surface area (Å²) in [6, 6.07) is 9.79. The first-order valence-corrected chi connectivity index (χ1v) is 7.66. The Hall–Kier alpha value is -3.35. The lowest BCUT2D eigenvalue weighted by Crippen LogP contribution is -2.16. The van der Waals surface area contributed by atoms with Gasteiger partial charge in [0.25, 0.3) is 5.56 Å². The zero-order valence-corrected chi connectivity index (χ0v) is 13.4. The number of rotatable bonds is 3. The average Bonchev–Trinajstić information content (AvgIpc) is 3.08. The van der Waals surface area contributed by atoms with Crippen LogP contribution in [-0.4, -0.2) is 22.1 Å². The van der Waals surface area contributed by atoms with Crippen molar-refractivity contribution in [2.24, 2.45) is 0 Å². The van der Waals surface area contributed by atoms with E-state index in [-0.39, 0.29) is 19.0 Å². The van der Waals surface area contributed by atoms with Crippen molar-refractivity contribution in [2.45, 2.75) is 13.5 Å². The minimum Gasteiger partial charge on any atom is -0.456 e. The van der Waals surface area contributed by atoms with E-state index in [0.717, 1.165) is 5.56 Å². The van der Waals surface area contributed by atoms with Gasteiger partial charge in [0.1, 0.15) is 12.3 Å². The monoisotopic (exact) mass is 338 g/mol. The molecular weight excluding hydrogens is 324 g/mol. The molecule has 0 fully saturated rings. The van der Waals surface area contributed by atoms with Gasteiger partial charge in [-0.1, -0.05) is 6.07 Å². The molecule has 0 saturated heterocycles. The summed E-state index contributed by atoms with van der Waals surface area (Å²) < 4.78 is 17.2. The van der Waals surface area contributed by atoms with E-state index in [0.29, 0.717) is 28.4 Å². The van der Waals surface area contributed by atoms with Crippen molar-refractivity contribution in [1.82, 2.24) is 9.38 Å². The van der Waals surface area contributed by atoms with Gasteiger partial charge in [-0.15, -0.1) is 0 Å². The molecule has 0 radical (unpaired) electrons. The van der Waals surface area contributed by atoms with Gasteiger partial charge in [0.15, 0.2) is 11.5 Å². The first-order valence-electron chi connectivity index (χ1n) is 7.66. The van der Waals surface area contributed by atoms with Crippen LogP contribution < -0.4 is 15.0 Å². The Morgan fingerprint density at radius 2 is 2.04 bits per heavy atom. The first kappa shape index (κ1) is 15.2. The molecule has 0 bridgehead atoms. The number of carbonyl (C=O) groups is 1. The molecule has 0 saturated carbocycles. The van der Waals surface area contributed by atoms with Crippen LogP contribution in [0.15, 0.2) is 47.4 Å². The zero-order chi connectivity index (χ0) is 17.4. The second kappa shape index (κ2) is 5.94. The third kappa shape index (κ3) is 2.91. The summed E-state index contributed by atoms with van der Waals surface area (Å²) in [5, 5.41) is 0. The van der Waals surface area contributed by atoms with Gasteiger partial charge in [0, 0.05) is 12.3 Å². The summed E-state index contributed by atoms with van der Waals surface area (Å²) >= 11 is 0. The van der Waals surface area contributed by atoms with E-state index >= 15 is 0 Å². The largest absolute Gasteiger partial charge is 0.456 e. The fourth-order valence-corrected chi connectivity index (χ4v) is 2.58. The first-order chi connectivity index (χ1) is 12.1. The van der Waals surface area contributed by atoms with E-state index in [1.54, 1.807) is 30.5 Å². The second-order valence-corrected chi connectivity index (χ2v) is 5.66. The van der Waals surface area contributed by atoms with Crippen LogP contribution in [0.1, 0.15) is 21.6 Å². The van der Waals surface area contributed by atoms with E-state index in [2.05, 4.69) is 4.98 Å². The maximum absolute atomic E-state index is 12.2. The van der Waals surface area contributed by atoms with Gasteiger partial charge in [-0.3, -0.25) is 9.20 Å². The number of benzene rings is 1. The number of aromatic nitrogens is 2. The maximum atomic E-state index is 12.2. The molecule has 1 aromatic carbocycles. The summed E-state index contributed by atoms with van der Waals surface area (Å²) in [7, 11) is 0. The predicted molar refractivity (Wildman–Crippen MR) is 87.9 cm³/mol. The second-order valence-electron chi connectivity index (χ2n) is 5.66. The molecule has 4 rings (SSSR count). The molecule has 0 aliphatic carbocycles. The van der Waals surface area contributed by atoms with Crippen LogP contribution in [0.2, 0.25) is 0 Å². The standard InChI is InChI=1S/C18H14N2O5/c1-11-2-5-16-19-13(7-17(21)20(16)8-11)9-23-18(22)12-3-4-14-15(6-12)25-10-24-14/h2-8H,9-10H2,1H3. The zero-order valence-electron chi connectivity index (χ0n) is 13.4. The molecule has 25 heavy (non-hydrogen) atoms. The number of aryl methyl sites for hydroxylation is 1. The number of ether oxygens (including phenoxy) is 3. The number of hydrogen-bond acceptors (Lipinski definition) is 6. The summed E-state index contributed by atoms with van der Waals surface area (Å²) in [5.74, 6) is 0.576. The Bertz CT molecular complexity index is 1040. The SMILES string of the molecule is Cc1ccc2nc(COC(=O)c3ccc4c(c3)OCO4)cc(=O)n2c1. The van der Waals surface area contributed by atoms with Gasteiger partial charge in [-0.25, -0.2) is 9.78 Å². The lowest BCUT2D eigenvalue weighted by molar-refractivity contribution is 0.0467. The highest BCUT2D eigenvalue weighted by Gasteiger charge is 2.17. The van der Waals surface area contributed by atoms with E-state index in [4.69, 9.17) is 14.2 Å². The Morgan fingerprint density at radius 1 is 1.20 bits per heavy atom. The van der Waals surface area contributed by atoms with Crippen molar-refractivity contribution in [3.05, 3.63) is 69.8 Å². The molecule has 0 amide bonds. The molecule has 1 aliphatic heterocycles. The molecule has 0 spiro atoms. The number of hydrogen-bond donors (Lipinski definition) is 0. The third-order valence-electron chi connectivity index (χ3n) is 3.82. The predicted octanol–water partition coefficient (Wildman–Crippen LogP) is 2.09. The Kier molecular flexibility index (Phi) is 3.61. The Balaban J connectivity index is 1.53. The summed E-state index contributed by atoms with van der Waals surface area (Å²) in [5.41, 5.74) is 1.98. The van der Waals surface area contributed by atoms with Crippen molar-refractivity contribution in [2.75, 3.05) is 6.79 Å². The average molecular weight is 338 g/mol. The van der Waals surface area contributed by atoms with E-state index < -0.39 is 5.97 Å². The summed E-state index contributed by atoms with van der Waals surface area (Å²) in [6.07, 6.45) is 1.72. The van der Waals surface area contributed by atoms with E-state index in [1.807, 2.05) is 13.0 Å². The Labute approximate surface area is 142 Å². The number of esters is 1. The van der Waals surface area contributed by atoms with Crippen LogP contribution in [-0.2, 0) is 11.3 Å². The topological polar surface area (TPSA) is 79.1 Å². The highest BCUT2D eigenvalue weighted by Crippen LogP contribution is 2.32.